The minimum Gasteiger partial charge on any atom is -0.454 e. The fourth-order valence-electron chi connectivity index (χ4n) is 4.61. The fourth-order valence-corrected chi connectivity index (χ4v) is 4.61. The van der Waals surface area contributed by atoms with Gasteiger partial charge in [-0.05, 0) is 84.7 Å². The molecule has 4 heteroatoms. The predicted molar refractivity (Wildman–Crippen MR) is 174 cm³/mol. The molecule has 0 amide bonds. The van der Waals surface area contributed by atoms with Gasteiger partial charge in [0.05, 0.1) is 6.42 Å². The van der Waals surface area contributed by atoms with Crippen molar-refractivity contribution >= 4 is 11.8 Å². The largest absolute Gasteiger partial charge is 0.454 e. The zero-order valence-electron chi connectivity index (χ0n) is 27.0. The van der Waals surface area contributed by atoms with Crippen LogP contribution in [-0.4, -0.2) is 43.4 Å². The van der Waals surface area contributed by atoms with Crippen LogP contribution in [0.15, 0.2) is 36.5 Å². The summed E-state index contributed by atoms with van der Waals surface area (Å²) in [5.74, 6) is -0.129. The Hall–Kier alpha value is -1.68. The number of hydrogen-bond donors (Lipinski definition) is 0. The van der Waals surface area contributed by atoms with Gasteiger partial charge >= 0.3 is 5.97 Å². The van der Waals surface area contributed by atoms with Crippen LogP contribution in [0.4, 0.5) is 0 Å². The average molecular weight is 560 g/mol. The Balaban J connectivity index is 4.13. The highest BCUT2D eigenvalue weighted by atomic mass is 16.5. The number of ketones is 1. The zero-order valence-corrected chi connectivity index (χ0v) is 27.0. The summed E-state index contributed by atoms with van der Waals surface area (Å²) in [7, 11) is 3.89. The van der Waals surface area contributed by atoms with Crippen molar-refractivity contribution in [2.24, 2.45) is 0 Å². The first-order valence-electron chi connectivity index (χ1n) is 16.8. The molecular formula is C36H65NO3. The summed E-state index contributed by atoms with van der Waals surface area (Å²) in [4.78, 5) is 27.2. The Labute approximate surface area is 249 Å². The molecule has 0 heterocycles. The maximum absolute atomic E-state index is 12.9. The van der Waals surface area contributed by atoms with Gasteiger partial charge in [-0.1, -0.05) is 108 Å². The lowest BCUT2D eigenvalue weighted by Gasteiger charge is -2.18. The maximum Gasteiger partial charge on any atom is 0.307 e. The van der Waals surface area contributed by atoms with Gasteiger partial charge in [0.2, 0.25) is 0 Å². The molecule has 0 aromatic carbocycles. The second-order valence-corrected chi connectivity index (χ2v) is 11.6. The Morgan fingerprint density at radius 3 is 1.73 bits per heavy atom. The van der Waals surface area contributed by atoms with Crippen molar-refractivity contribution in [1.29, 1.82) is 0 Å². The van der Waals surface area contributed by atoms with Gasteiger partial charge in [-0.3, -0.25) is 9.59 Å². The summed E-state index contributed by atoms with van der Waals surface area (Å²) in [5.41, 5.74) is 0. The van der Waals surface area contributed by atoms with Gasteiger partial charge in [0.1, 0.15) is 0 Å². The number of Topliss-reactive ketones (excluding diaryl/α,β-unsaturated/α-hetero) is 1. The molecule has 0 rings (SSSR count). The first-order chi connectivity index (χ1) is 19.5. The molecule has 0 spiro atoms. The fraction of sp³-hybridized carbons (Fsp3) is 0.778. The van der Waals surface area contributed by atoms with Crippen LogP contribution in [0.3, 0.4) is 0 Å². The number of esters is 1. The van der Waals surface area contributed by atoms with Crippen LogP contribution in [0.5, 0.6) is 0 Å². The van der Waals surface area contributed by atoms with Crippen molar-refractivity contribution in [1.82, 2.24) is 4.90 Å². The number of carbonyl (C=O) groups excluding carboxylic acids is 2. The lowest BCUT2D eigenvalue weighted by molar-refractivity contribution is -0.155. The first-order valence-corrected chi connectivity index (χ1v) is 16.8. The number of allylic oxidation sites excluding steroid dienone is 6. The van der Waals surface area contributed by atoms with Crippen LogP contribution in [-0.2, 0) is 14.3 Å². The molecule has 40 heavy (non-hydrogen) atoms. The third-order valence-electron chi connectivity index (χ3n) is 7.23. The molecule has 0 saturated carbocycles. The zero-order chi connectivity index (χ0) is 29.5. The van der Waals surface area contributed by atoms with E-state index in [9.17, 15) is 9.59 Å². The summed E-state index contributed by atoms with van der Waals surface area (Å²) in [6.45, 7) is 5.10. The highest BCUT2D eigenvalue weighted by Gasteiger charge is 2.22. The highest BCUT2D eigenvalue weighted by Crippen LogP contribution is 2.16. The minimum atomic E-state index is -0.558. The van der Waals surface area contributed by atoms with Crippen molar-refractivity contribution in [2.45, 2.75) is 161 Å². The topological polar surface area (TPSA) is 46.6 Å². The van der Waals surface area contributed by atoms with Gasteiger partial charge < -0.3 is 9.64 Å². The van der Waals surface area contributed by atoms with E-state index in [4.69, 9.17) is 4.74 Å². The van der Waals surface area contributed by atoms with E-state index >= 15 is 0 Å². The van der Waals surface area contributed by atoms with Crippen molar-refractivity contribution in [3.63, 3.8) is 0 Å². The second kappa shape index (κ2) is 30.3. The lowest BCUT2D eigenvalue weighted by atomic mass is 10.0. The monoisotopic (exact) mass is 559 g/mol. The van der Waals surface area contributed by atoms with E-state index in [0.29, 0.717) is 25.8 Å². The Morgan fingerprint density at radius 1 is 0.600 bits per heavy atom. The number of unbranched alkanes of at least 4 members (excludes halogenated alkanes) is 14. The van der Waals surface area contributed by atoms with Crippen molar-refractivity contribution in [3.8, 4) is 0 Å². The molecule has 1 unspecified atom stereocenters. The summed E-state index contributed by atoms with van der Waals surface area (Å²) in [6.07, 6.45) is 36.9. The molecule has 4 nitrogen and oxygen atoms in total. The van der Waals surface area contributed by atoms with E-state index in [1.54, 1.807) is 0 Å². The van der Waals surface area contributed by atoms with E-state index in [2.05, 4.69) is 50.3 Å². The number of rotatable bonds is 29. The quantitative estimate of drug-likeness (QED) is 0.0519. The second-order valence-electron chi connectivity index (χ2n) is 11.6. The molecule has 0 radical (unpaired) electrons. The first kappa shape index (κ1) is 38.3. The maximum atomic E-state index is 12.9. The van der Waals surface area contributed by atoms with Crippen LogP contribution in [0.2, 0.25) is 0 Å². The molecule has 0 fully saturated rings. The van der Waals surface area contributed by atoms with Gasteiger partial charge in [0.25, 0.3) is 0 Å². The third-order valence-corrected chi connectivity index (χ3v) is 7.23. The van der Waals surface area contributed by atoms with Gasteiger partial charge in [-0.25, -0.2) is 0 Å². The van der Waals surface area contributed by atoms with Crippen molar-refractivity contribution in [2.75, 3.05) is 20.6 Å². The van der Waals surface area contributed by atoms with Gasteiger partial charge in [-0.2, -0.15) is 0 Å². The molecule has 0 aliphatic rings. The van der Waals surface area contributed by atoms with Gasteiger partial charge in [-0.15, -0.1) is 0 Å². The predicted octanol–water partition coefficient (Wildman–Crippen LogP) is 10.3. The summed E-state index contributed by atoms with van der Waals surface area (Å²) >= 11 is 0. The number of hydrogen-bond acceptors (Lipinski definition) is 4. The summed E-state index contributed by atoms with van der Waals surface area (Å²) in [5, 5.41) is 0. The van der Waals surface area contributed by atoms with Crippen LogP contribution < -0.4 is 0 Å². The number of nitrogens with zero attached hydrogens (tertiary/aromatic N) is 1. The minimum absolute atomic E-state index is 0.116. The Kier molecular flexibility index (Phi) is 29.0. The van der Waals surface area contributed by atoms with Crippen LogP contribution in [0, 0.1) is 0 Å². The average Bonchev–Trinajstić information content (AvgIpc) is 2.94. The normalized spacial score (nSPS) is 12.8. The molecule has 0 bridgehead atoms. The molecule has 1 atom stereocenters. The molecule has 0 aliphatic carbocycles. The van der Waals surface area contributed by atoms with E-state index in [1.807, 2.05) is 19.0 Å². The summed E-state index contributed by atoms with van der Waals surface area (Å²) < 4.78 is 5.68. The van der Waals surface area contributed by atoms with Crippen LogP contribution in [0.1, 0.15) is 155 Å². The molecule has 0 aromatic rings. The number of ether oxygens (including phenoxy) is 1. The molecule has 232 valence electrons. The summed E-state index contributed by atoms with van der Waals surface area (Å²) in [6, 6.07) is 0. The number of carbonyl (C=O) groups is 2. The Morgan fingerprint density at radius 2 is 1.12 bits per heavy atom. The standard InChI is InChI=1S/C36H65NO3/c1-5-7-9-11-13-15-17-18-19-20-21-22-24-26-28-30-34(38)35(40-36(39)32-33-37(3)4)31-29-27-25-23-16-14-12-10-8-6-2/h10,12-13,15,18-19,35H,5-9,11,14,16-17,20-33H2,1-4H3/b12-10-,15-13-,19-18-. The molecule has 0 N–H and O–H groups in total. The van der Waals surface area contributed by atoms with Crippen LogP contribution in [0.25, 0.3) is 0 Å². The highest BCUT2D eigenvalue weighted by molar-refractivity contribution is 5.85. The molecule has 0 aliphatic heterocycles. The van der Waals surface area contributed by atoms with E-state index in [-0.39, 0.29) is 11.8 Å². The van der Waals surface area contributed by atoms with Crippen molar-refractivity contribution < 1.29 is 14.3 Å². The van der Waals surface area contributed by atoms with Crippen molar-refractivity contribution in [3.05, 3.63) is 36.5 Å². The lowest BCUT2D eigenvalue weighted by Crippen LogP contribution is -2.29. The molecule has 0 saturated heterocycles. The smallest absolute Gasteiger partial charge is 0.307 e. The van der Waals surface area contributed by atoms with E-state index in [0.717, 1.165) is 44.9 Å². The molecular weight excluding hydrogens is 494 g/mol. The van der Waals surface area contributed by atoms with Gasteiger partial charge in [0, 0.05) is 13.0 Å². The SMILES string of the molecule is CCC/C=C\CCCCCCCC(OC(=O)CCN(C)C)C(=O)CCCCCCC/C=C\C/C=C\CCCCC. The van der Waals surface area contributed by atoms with E-state index < -0.39 is 6.10 Å². The van der Waals surface area contributed by atoms with Crippen LogP contribution >= 0.6 is 0 Å². The van der Waals surface area contributed by atoms with Gasteiger partial charge in [0.15, 0.2) is 11.9 Å². The Bertz CT molecular complexity index is 665. The third kappa shape index (κ3) is 27.9. The van der Waals surface area contributed by atoms with E-state index in [1.165, 1.54) is 77.0 Å². The molecule has 0 aromatic heterocycles.